The third-order valence-electron chi connectivity index (χ3n) is 3.36. The molecule has 0 atom stereocenters. The van der Waals surface area contributed by atoms with Crippen LogP contribution in [0, 0.1) is 20.2 Å². The zero-order valence-electron chi connectivity index (χ0n) is 13.9. The lowest BCUT2D eigenvalue weighted by Crippen LogP contribution is -2.30. The number of carbonyl (C=O) groups excluding carboxylic acids is 1. The summed E-state index contributed by atoms with van der Waals surface area (Å²) in [5.41, 5.74) is 3.99. The molecule has 0 bridgehead atoms. The van der Waals surface area contributed by atoms with E-state index in [1.54, 1.807) is 0 Å². The van der Waals surface area contributed by atoms with Gasteiger partial charge in [0.25, 0.3) is 5.69 Å². The molecular formula is C15H11N7O6. The van der Waals surface area contributed by atoms with E-state index < -0.39 is 21.4 Å². The molecule has 0 saturated carbocycles. The van der Waals surface area contributed by atoms with Gasteiger partial charge in [-0.1, -0.05) is 6.07 Å². The van der Waals surface area contributed by atoms with E-state index in [9.17, 15) is 25.0 Å². The molecule has 0 radical (unpaired) electrons. The number of aromatic nitrogens is 2. The Morgan fingerprint density at radius 2 is 1.82 bits per heavy atom. The van der Waals surface area contributed by atoms with E-state index in [4.69, 9.17) is 4.42 Å². The minimum Gasteiger partial charge on any atom is -0.459 e. The first-order chi connectivity index (χ1) is 13.5. The zero-order chi connectivity index (χ0) is 20.1. The standard InChI is InChI=1S/C15H11N7O6/c23-15(11-5-2-6-28-11)20-19-14-12(22(26)27)13(16-8-17-14)18-9-3-1-4-10(7-9)21(24)25/h1-8H,(H,20,23)(H2,16,17,18,19). The van der Waals surface area contributed by atoms with Gasteiger partial charge in [0, 0.05) is 17.8 Å². The fourth-order valence-electron chi connectivity index (χ4n) is 2.15. The SMILES string of the molecule is O=C(NNc1ncnc(Nc2cccc([N+](=O)[O-])c2)c1[N+](=O)[O-])c1ccco1. The molecule has 0 saturated heterocycles. The highest BCUT2D eigenvalue weighted by Crippen LogP contribution is 2.31. The Morgan fingerprint density at radius 1 is 1.04 bits per heavy atom. The number of amides is 1. The number of carbonyl (C=O) groups is 1. The predicted molar refractivity (Wildman–Crippen MR) is 94.9 cm³/mol. The molecule has 0 spiro atoms. The average molecular weight is 385 g/mol. The highest BCUT2D eigenvalue weighted by Gasteiger charge is 2.24. The van der Waals surface area contributed by atoms with E-state index in [1.807, 2.05) is 0 Å². The average Bonchev–Trinajstić information content (AvgIpc) is 3.21. The summed E-state index contributed by atoms with van der Waals surface area (Å²) < 4.78 is 4.91. The van der Waals surface area contributed by atoms with E-state index in [0.29, 0.717) is 0 Å². The van der Waals surface area contributed by atoms with Crippen LogP contribution in [0.1, 0.15) is 10.6 Å². The van der Waals surface area contributed by atoms with Crippen LogP contribution in [0.5, 0.6) is 0 Å². The third kappa shape index (κ3) is 3.98. The Labute approximate surface area is 155 Å². The first-order valence-corrected chi connectivity index (χ1v) is 7.56. The molecule has 0 unspecified atom stereocenters. The van der Waals surface area contributed by atoms with Gasteiger partial charge in [-0.3, -0.25) is 35.9 Å². The van der Waals surface area contributed by atoms with Crippen LogP contribution in [-0.4, -0.2) is 25.7 Å². The Kier molecular flexibility index (Phi) is 5.07. The van der Waals surface area contributed by atoms with Crippen molar-refractivity contribution in [2.75, 3.05) is 10.7 Å². The van der Waals surface area contributed by atoms with E-state index in [-0.39, 0.29) is 28.8 Å². The Balaban J connectivity index is 1.85. The number of hydrogen-bond acceptors (Lipinski definition) is 10. The number of rotatable bonds is 7. The summed E-state index contributed by atoms with van der Waals surface area (Å²) in [7, 11) is 0. The maximum Gasteiger partial charge on any atom is 0.355 e. The zero-order valence-corrected chi connectivity index (χ0v) is 13.9. The summed E-state index contributed by atoms with van der Waals surface area (Å²) in [6.07, 6.45) is 2.32. The van der Waals surface area contributed by atoms with Crippen molar-refractivity contribution < 1.29 is 19.1 Å². The van der Waals surface area contributed by atoms with Crippen molar-refractivity contribution in [2.24, 2.45) is 0 Å². The number of hydrazine groups is 1. The van der Waals surface area contributed by atoms with Gasteiger partial charge in [-0.15, -0.1) is 0 Å². The molecule has 0 aliphatic rings. The fraction of sp³-hybridized carbons (Fsp3) is 0. The van der Waals surface area contributed by atoms with Crippen molar-refractivity contribution in [3.63, 3.8) is 0 Å². The van der Waals surface area contributed by atoms with Crippen LogP contribution < -0.4 is 16.2 Å². The fourth-order valence-corrected chi connectivity index (χ4v) is 2.15. The normalized spacial score (nSPS) is 10.1. The summed E-state index contributed by atoms with van der Waals surface area (Å²) in [5, 5.41) is 25.0. The summed E-state index contributed by atoms with van der Waals surface area (Å²) in [6.45, 7) is 0. The van der Waals surface area contributed by atoms with E-state index >= 15 is 0 Å². The molecule has 0 aliphatic heterocycles. The Morgan fingerprint density at radius 3 is 2.50 bits per heavy atom. The van der Waals surface area contributed by atoms with Crippen molar-refractivity contribution in [3.8, 4) is 0 Å². The van der Waals surface area contributed by atoms with Gasteiger partial charge in [-0.05, 0) is 18.2 Å². The molecule has 13 heteroatoms. The number of hydrogen-bond donors (Lipinski definition) is 3. The first kappa shape index (κ1) is 18.2. The van der Waals surface area contributed by atoms with Crippen molar-refractivity contribution in [1.29, 1.82) is 0 Å². The maximum atomic E-state index is 11.9. The maximum absolute atomic E-state index is 11.9. The smallest absolute Gasteiger partial charge is 0.355 e. The molecule has 142 valence electrons. The molecule has 13 nitrogen and oxygen atoms in total. The van der Waals surface area contributed by atoms with E-state index in [2.05, 4.69) is 26.1 Å². The molecule has 0 aliphatic carbocycles. The van der Waals surface area contributed by atoms with Gasteiger partial charge in [0.15, 0.2) is 5.76 Å². The highest BCUT2D eigenvalue weighted by molar-refractivity contribution is 5.92. The number of furan rings is 1. The van der Waals surface area contributed by atoms with Crippen LogP contribution in [0.2, 0.25) is 0 Å². The summed E-state index contributed by atoms with van der Waals surface area (Å²) >= 11 is 0. The summed E-state index contributed by atoms with van der Waals surface area (Å²) in [6, 6.07) is 8.26. The van der Waals surface area contributed by atoms with Crippen LogP contribution in [-0.2, 0) is 0 Å². The van der Waals surface area contributed by atoms with E-state index in [1.165, 1.54) is 42.7 Å². The molecule has 1 aromatic carbocycles. The molecule has 3 rings (SSSR count). The third-order valence-corrected chi connectivity index (χ3v) is 3.36. The highest BCUT2D eigenvalue weighted by atomic mass is 16.6. The van der Waals surface area contributed by atoms with Crippen LogP contribution in [0.25, 0.3) is 0 Å². The van der Waals surface area contributed by atoms with Gasteiger partial charge in [-0.25, -0.2) is 9.97 Å². The van der Waals surface area contributed by atoms with Crippen molar-refractivity contribution in [2.45, 2.75) is 0 Å². The topological polar surface area (TPSA) is 178 Å². The lowest BCUT2D eigenvalue weighted by atomic mass is 10.3. The van der Waals surface area contributed by atoms with Gasteiger partial charge in [0.05, 0.1) is 16.1 Å². The van der Waals surface area contributed by atoms with Crippen molar-refractivity contribution in [1.82, 2.24) is 15.4 Å². The van der Waals surface area contributed by atoms with Crippen LogP contribution >= 0.6 is 0 Å². The number of anilines is 3. The molecule has 2 heterocycles. The van der Waals surface area contributed by atoms with Crippen molar-refractivity contribution >= 4 is 34.6 Å². The number of benzene rings is 1. The Hall–Kier alpha value is -4.55. The van der Waals surface area contributed by atoms with Gasteiger partial charge < -0.3 is 9.73 Å². The second-order valence-electron chi connectivity index (χ2n) is 5.17. The number of nitro groups is 2. The van der Waals surface area contributed by atoms with E-state index in [0.717, 1.165) is 6.33 Å². The Bertz CT molecular complexity index is 1040. The molecule has 28 heavy (non-hydrogen) atoms. The quantitative estimate of drug-likeness (QED) is 0.404. The summed E-state index contributed by atoms with van der Waals surface area (Å²) in [5.74, 6) is -1.21. The number of nitro benzene ring substituents is 1. The summed E-state index contributed by atoms with van der Waals surface area (Å²) in [4.78, 5) is 40.4. The lowest BCUT2D eigenvalue weighted by Gasteiger charge is -2.10. The number of nitrogens with one attached hydrogen (secondary N) is 3. The van der Waals surface area contributed by atoms with Crippen LogP contribution in [0.3, 0.4) is 0 Å². The van der Waals surface area contributed by atoms with Crippen molar-refractivity contribution in [3.05, 3.63) is 75.0 Å². The number of nitrogens with zero attached hydrogens (tertiary/aromatic N) is 4. The number of non-ortho nitro benzene ring substituents is 1. The molecule has 2 aromatic heterocycles. The molecule has 3 N–H and O–H groups in total. The minimum absolute atomic E-state index is 0.0147. The van der Waals surface area contributed by atoms with Crippen LogP contribution in [0.4, 0.5) is 28.7 Å². The second kappa shape index (κ2) is 7.77. The molecular weight excluding hydrogens is 374 g/mol. The second-order valence-corrected chi connectivity index (χ2v) is 5.17. The van der Waals surface area contributed by atoms with Crippen LogP contribution in [0.15, 0.2) is 53.4 Å². The van der Waals surface area contributed by atoms with Gasteiger partial charge >= 0.3 is 11.6 Å². The van der Waals surface area contributed by atoms with Gasteiger partial charge in [0.1, 0.15) is 6.33 Å². The monoisotopic (exact) mass is 385 g/mol. The predicted octanol–water partition coefficient (Wildman–Crippen LogP) is 2.39. The van der Waals surface area contributed by atoms with Gasteiger partial charge in [0.2, 0.25) is 11.6 Å². The lowest BCUT2D eigenvalue weighted by molar-refractivity contribution is -0.384. The first-order valence-electron chi connectivity index (χ1n) is 7.56. The largest absolute Gasteiger partial charge is 0.459 e. The van der Waals surface area contributed by atoms with Gasteiger partial charge in [-0.2, -0.15) is 0 Å². The molecule has 3 aromatic rings. The minimum atomic E-state index is -0.763. The molecule has 1 amide bonds. The molecule has 0 fully saturated rings.